The second-order valence-corrected chi connectivity index (χ2v) is 6.10. The van der Waals surface area contributed by atoms with E-state index < -0.39 is 0 Å². The Morgan fingerprint density at radius 3 is 2.22 bits per heavy atom. The molecule has 1 atom stereocenters. The van der Waals surface area contributed by atoms with E-state index in [2.05, 4.69) is 30.6 Å². The zero-order valence-corrected chi connectivity index (χ0v) is 12.6. The summed E-state index contributed by atoms with van der Waals surface area (Å²) < 4.78 is 5.60. The van der Waals surface area contributed by atoms with Gasteiger partial charge < -0.3 is 15.4 Å². The first-order valence-corrected chi connectivity index (χ1v) is 7.26. The summed E-state index contributed by atoms with van der Waals surface area (Å²) in [6.07, 6.45) is 1.29. The molecule has 18 heavy (non-hydrogen) atoms. The maximum absolute atomic E-state index is 5.70. The van der Waals surface area contributed by atoms with Crippen LogP contribution >= 0.6 is 0 Å². The van der Waals surface area contributed by atoms with Gasteiger partial charge in [-0.05, 0) is 34.1 Å². The Kier molecular flexibility index (Phi) is 6.57. The lowest BCUT2D eigenvalue weighted by atomic mass is 10.0. The molecule has 1 aliphatic heterocycles. The van der Waals surface area contributed by atoms with Crippen LogP contribution < -0.4 is 5.73 Å². The molecule has 0 spiro atoms. The topological polar surface area (TPSA) is 41.7 Å². The average molecular weight is 257 g/mol. The number of piperazine rings is 1. The van der Waals surface area contributed by atoms with Crippen molar-refractivity contribution < 1.29 is 4.74 Å². The fraction of sp³-hybridized carbons (Fsp3) is 1.00. The van der Waals surface area contributed by atoms with Gasteiger partial charge in [-0.1, -0.05) is 0 Å². The molecule has 2 N–H and O–H groups in total. The second-order valence-electron chi connectivity index (χ2n) is 6.10. The highest BCUT2D eigenvalue weighted by Crippen LogP contribution is 2.16. The molecular weight excluding hydrogens is 226 g/mol. The zero-order valence-electron chi connectivity index (χ0n) is 12.6. The quantitative estimate of drug-likeness (QED) is 0.775. The van der Waals surface area contributed by atoms with E-state index in [1.54, 1.807) is 0 Å². The van der Waals surface area contributed by atoms with Gasteiger partial charge in [0.2, 0.25) is 0 Å². The third kappa shape index (κ3) is 5.22. The van der Waals surface area contributed by atoms with E-state index in [-0.39, 0.29) is 6.10 Å². The lowest BCUT2D eigenvalue weighted by Crippen LogP contribution is -2.53. The van der Waals surface area contributed by atoms with E-state index in [1.165, 1.54) is 26.2 Å². The van der Waals surface area contributed by atoms with Crippen LogP contribution in [0.25, 0.3) is 0 Å². The van der Waals surface area contributed by atoms with Crippen LogP contribution in [0.1, 0.15) is 34.1 Å². The number of hydrogen-bond donors (Lipinski definition) is 1. The second kappa shape index (κ2) is 7.43. The minimum absolute atomic E-state index is 0.232. The minimum Gasteiger partial charge on any atom is -0.377 e. The molecular formula is C14H31N3O. The molecule has 1 saturated heterocycles. The molecule has 0 saturated carbocycles. The highest BCUT2D eigenvalue weighted by molar-refractivity contribution is 4.82. The molecule has 0 amide bonds. The molecule has 1 unspecified atom stereocenters. The van der Waals surface area contributed by atoms with Crippen LogP contribution in [0.4, 0.5) is 0 Å². The summed E-state index contributed by atoms with van der Waals surface area (Å²) >= 11 is 0. The summed E-state index contributed by atoms with van der Waals surface area (Å²) in [6.45, 7) is 16.1. The molecule has 4 nitrogen and oxygen atoms in total. The molecule has 108 valence electrons. The van der Waals surface area contributed by atoms with Gasteiger partial charge in [-0.15, -0.1) is 0 Å². The summed E-state index contributed by atoms with van der Waals surface area (Å²) in [5.74, 6) is 0. The third-order valence-corrected chi connectivity index (χ3v) is 3.75. The molecule has 0 radical (unpaired) electrons. The van der Waals surface area contributed by atoms with E-state index in [0.29, 0.717) is 12.1 Å². The van der Waals surface area contributed by atoms with Gasteiger partial charge in [0.15, 0.2) is 0 Å². The first-order valence-electron chi connectivity index (χ1n) is 7.26. The monoisotopic (exact) mass is 257 g/mol. The van der Waals surface area contributed by atoms with Crippen molar-refractivity contribution in [2.24, 2.45) is 5.73 Å². The van der Waals surface area contributed by atoms with Gasteiger partial charge >= 0.3 is 0 Å². The normalized spacial score (nSPS) is 21.2. The zero-order chi connectivity index (χ0) is 13.6. The van der Waals surface area contributed by atoms with E-state index in [9.17, 15) is 0 Å². The Balaban J connectivity index is 2.23. The van der Waals surface area contributed by atoms with Crippen molar-refractivity contribution in [2.75, 3.05) is 45.9 Å². The highest BCUT2D eigenvalue weighted by Gasteiger charge is 2.25. The average Bonchev–Trinajstić information content (AvgIpc) is 2.34. The molecule has 0 aliphatic carbocycles. The number of ether oxygens (including phenoxy) is 1. The molecule has 4 heteroatoms. The van der Waals surface area contributed by atoms with Crippen LogP contribution in [0.15, 0.2) is 0 Å². The Morgan fingerprint density at radius 2 is 1.78 bits per heavy atom. The van der Waals surface area contributed by atoms with Crippen molar-refractivity contribution in [3.05, 3.63) is 0 Å². The molecule has 1 aliphatic rings. The largest absolute Gasteiger partial charge is 0.377 e. The lowest BCUT2D eigenvalue weighted by molar-refractivity contribution is 0.0337. The highest BCUT2D eigenvalue weighted by atomic mass is 16.5. The maximum Gasteiger partial charge on any atom is 0.0709 e. The minimum atomic E-state index is 0.232. The maximum atomic E-state index is 5.70. The van der Waals surface area contributed by atoms with Crippen molar-refractivity contribution >= 4 is 0 Å². The first kappa shape index (κ1) is 15.9. The van der Waals surface area contributed by atoms with Gasteiger partial charge in [-0.2, -0.15) is 0 Å². The van der Waals surface area contributed by atoms with Gasteiger partial charge in [0.25, 0.3) is 0 Å². The summed E-state index contributed by atoms with van der Waals surface area (Å²) in [6, 6.07) is 0. The van der Waals surface area contributed by atoms with Crippen molar-refractivity contribution in [3.8, 4) is 0 Å². The summed E-state index contributed by atoms with van der Waals surface area (Å²) in [5.41, 5.74) is 6.00. The molecule has 0 aromatic heterocycles. The molecule has 0 aromatic rings. The fourth-order valence-corrected chi connectivity index (χ4v) is 2.47. The van der Waals surface area contributed by atoms with Crippen LogP contribution in [0, 0.1) is 0 Å². The van der Waals surface area contributed by atoms with Gasteiger partial charge in [0.05, 0.1) is 6.10 Å². The fourth-order valence-electron chi connectivity index (χ4n) is 2.47. The van der Waals surface area contributed by atoms with Gasteiger partial charge in [-0.3, -0.25) is 4.90 Å². The SMILES string of the molecule is CCOC(CN)CCN1CCN(C(C)(C)C)CC1. The van der Waals surface area contributed by atoms with Crippen LogP contribution in [-0.2, 0) is 4.74 Å². The predicted octanol–water partition coefficient (Wildman–Crippen LogP) is 1.16. The van der Waals surface area contributed by atoms with E-state index >= 15 is 0 Å². The Morgan fingerprint density at radius 1 is 1.17 bits per heavy atom. The van der Waals surface area contributed by atoms with Crippen LogP contribution in [0.3, 0.4) is 0 Å². The van der Waals surface area contributed by atoms with E-state index in [4.69, 9.17) is 10.5 Å². The molecule has 1 fully saturated rings. The summed E-state index contributed by atoms with van der Waals surface area (Å²) in [5, 5.41) is 0. The standard InChI is InChI=1S/C14H31N3O/c1-5-18-13(12-15)6-7-16-8-10-17(11-9-16)14(2,3)4/h13H,5-12,15H2,1-4H3. The first-order chi connectivity index (χ1) is 8.47. The number of nitrogens with zero attached hydrogens (tertiary/aromatic N) is 2. The Labute approximate surface area is 112 Å². The number of hydrogen-bond acceptors (Lipinski definition) is 4. The smallest absolute Gasteiger partial charge is 0.0709 e. The van der Waals surface area contributed by atoms with Gasteiger partial charge in [-0.25, -0.2) is 0 Å². The van der Waals surface area contributed by atoms with Crippen molar-refractivity contribution in [1.29, 1.82) is 0 Å². The number of nitrogens with two attached hydrogens (primary N) is 1. The van der Waals surface area contributed by atoms with Gasteiger partial charge in [0, 0.05) is 51.4 Å². The van der Waals surface area contributed by atoms with Crippen molar-refractivity contribution in [1.82, 2.24) is 9.80 Å². The summed E-state index contributed by atoms with van der Waals surface area (Å²) in [7, 11) is 0. The predicted molar refractivity (Wildman–Crippen MR) is 76.9 cm³/mol. The van der Waals surface area contributed by atoms with Crippen molar-refractivity contribution in [2.45, 2.75) is 45.8 Å². The Hall–Kier alpha value is -0.160. The Bertz CT molecular complexity index is 220. The van der Waals surface area contributed by atoms with E-state index in [0.717, 1.165) is 19.6 Å². The van der Waals surface area contributed by atoms with E-state index in [1.807, 2.05) is 6.92 Å². The molecule has 0 aromatic carbocycles. The summed E-state index contributed by atoms with van der Waals surface area (Å²) in [4.78, 5) is 5.09. The van der Waals surface area contributed by atoms with Crippen molar-refractivity contribution in [3.63, 3.8) is 0 Å². The van der Waals surface area contributed by atoms with Crippen LogP contribution in [-0.4, -0.2) is 67.3 Å². The van der Waals surface area contributed by atoms with Crippen LogP contribution in [0.5, 0.6) is 0 Å². The molecule has 1 heterocycles. The number of rotatable bonds is 6. The van der Waals surface area contributed by atoms with Crippen LogP contribution in [0.2, 0.25) is 0 Å². The molecule has 0 bridgehead atoms. The molecule has 1 rings (SSSR count). The third-order valence-electron chi connectivity index (χ3n) is 3.75. The lowest BCUT2D eigenvalue weighted by Gasteiger charge is -2.42. The van der Waals surface area contributed by atoms with Gasteiger partial charge in [0.1, 0.15) is 0 Å².